The van der Waals surface area contributed by atoms with Gasteiger partial charge in [0.15, 0.2) is 9.84 Å². The van der Waals surface area contributed by atoms with E-state index in [4.69, 9.17) is 0 Å². The maximum Gasteiger partial charge on any atom is 0.389 e. The smallest absolute Gasteiger partial charge is 0.346 e. The van der Waals surface area contributed by atoms with Gasteiger partial charge in [-0.3, -0.25) is 19.2 Å². The predicted octanol–water partition coefficient (Wildman–Crippen LogP) is 3.55. The Labute approximate surface area is 293 Å². The zero-order valence-electron chi connectivity index (χ0n) is 29.8. The van der Waals surface area contributed by atoms with Gasteiger partial charge in [0.1, 0.15) is 12.1 Å². The van der Waals surface area contributed by atoms with Crippen molar-refractivity contribution in [3.63, 3.8) is 0 Å². The van der Waals surface area contributed by atoms with Crippen molar-refractivity contribution < 1.29 is 45.6 Å². The van der Waals surface area contributed by atoms with Crippen molar-refractivity contribution in [2.75, 3.05) is 18.8 Å². The van der Waals surface area contributed by atoms with Crippen molar-refractivity contribution in [2.24, 2.45) is 17.3 Å². The summed E-state index contributed by atoms with van der Waals surface area (Å²) in [6.07, 6.45) is -1.21. The van der Waals surface area contributed by atoms with E-state index in [9.17, 15) is 45.6 Å². The Bertz CT molecular complexity index is 1390. The van der Waals surface area contributed by atoms with E-state index < -0.39 is 92.7 Å². The fraction of sp³-hybridized carbons (Fsp3) is 0.794. The molecule has 4 N–H and O–H groups in total. The molecule has 3 rings (SSSR count). The minimum atomic E-state index is -4.66. The van der Waals surface area contributed by atoms with Gasteiger partial charge in [-0.2, -0.15) is 13.2 Å². The van der Waals surface area contributed by atoms with Crippen molar-refractivity contribution in [1.29, 1.82) is 0 Å². The van der Waals surface area contributed by atoms with Crippen LogP contribution in [0.3, 0.4) is 0 Å². The summed E-state index contributed by atoms with van der Waals surface area (Å²) < 4.78 is 65.5. The molecule has 4 unspecified atom stereocenters. The lowest BCUT2D eigenvalue weighted by Crippen LogP contribution is -2.65. The van der Waals surface area contributed by atoms with E-state index in [1.807, 2.05) is 13.8 Å². The fourth-order valence-electron chi connectivity index (χ4n) is 7.43. The second-order valence-electron chi connectivity index (χ2n) is 15.4. The van der Waals surface area contributed by atoms with Gasteiger partial charge < -0.3 is 26.2 Å². The molecule has 50 heavy (non-hydrogen) atoms. The van der Waals surface area contributed by atoms with Crippen LogP contribution in [0.25, 0.3) is 0 Å². The number of nitrogens with zero attached hydrogens (tertiary/aromatic N) is 1. The third-order valence-electron chi connectivity index (χ3n) is 10.3. The Morgan fingerprint density at radius 3 is 2.16 bits per heavy atom. The number of hydrogen-bond donors (Lipinski definition) is 4. The van der Waals surface area contributed by atoms with Crippen molar-refractivity contribution >= 4 is 39.4 Å². The van der Waals surface area contributed by atoms with E-state index in [-0.39, 0.29) is 37.1 Å². The van der Waals surface area contributed by atoms with Gasteiger partial charge in [0, 0.05) is 19.5 Å². The van der Waals surface area contributed by atoms with Crippen molar-refractivity contribution in [2.45, 2.75) is 134 Å². The molecule has 2 heterocycles. The average molecular weight is 734 g/mol. The molecule has 2 aliphatic heterocycles. The Morgan fingerprint density at radius 2 is 1.64 bits per heavy atom. The fourth-order valence-corrected chi connectivity index (χ4v) is 9.79. The van der Waals surface area contributed by atoms with E-state index in [2.05, 4.69) is 27.8 Å². The minimum absolute atomic E-state index is 0.000644. The van der Waals surface area contributed by atoms with Crippen LogP contribution in [0.1, 0.15) is 98.8 Å². The van der Waals surface area contributed by atoms with Crippen LogP contribution >= 0.6 is 0 Å². The van der Waals surface area contributed by atoms with E-state index in [0.29, 0.717) is 25.7 Å². The Balaban J connectivity index is 1.88. The Kier molecular flexibility index (Phi) is 13.6. The van der Waals surface area contributed by atoms with Crippen LogP contribution in [0.5, 0.6) is 0 Å². The molecule has 1 aliphatic carbocycles. The molecule has 3 fully saturated rings. The third-order valence-corrected chi connectivity index (χ3v) is 12.7. The summed E-state index contributed by atoms with van der Waals surface area (Å²) in [5.41, 5.74) is -1.86. The number of halogens is 3. The largest absolute Gasteiger partial charge is 0.389 e. The van der Waals surface area contributed by atoms with Gasteiger partial charge in [0.05, 0.1) is 22.6 Å². The zero-order valence-corrected chi connectivity index (χ0v) is 30.6. The standard InChI is InChI=1S/C34H54F3N5O7S/c1-7-17-38-29(45)26(43)23(13-16-34(35,36)37)39-28(44)24-19-22(21(2)3)20-42(24)30(46)27(32(4,5)6)40-31(47)41-33(14-9-8-10-15-33)25-12-11-18-50(25,48)49/h7,21-25,27H,1,8-20H2,2-6H3,(H,38,45)(H,39,44)(H2,40,41,47)/t22?,23?,24-,25?,27?/m0/s1. The lowest BCUT2D eigenvalue weighted by atomic mass is 9.78. The highest BCUT2D eigenvalue weighted by Gasteiger charge is 2.51. The molecule has 3 aliphatic rings. The lowest BCUT2D eigenvalue weighted by molar-refractivity contribution is -0.147. The summed E-state index contributed by atoms with van der Waals surface area (Å²) >= 11 is 0. The van der Waals surface area contributed by atoms with Crippen LogP contribution in [0.4, 0.5) is 18.0 Å². The summed E-state index contributed by atoms with van der Waals surface area (Å²) in [7, 11) is -3.42. The van der Waals surface area contributed by atoms with Gasteiger partial charge in [-0.25, -0.2) is 13.2 Å². The van der Waals surface area contributed by atoms with Gasteiger partial charge in [0.2, 0.25) is 17.6 Å². The molecule has 0 aromatic rings. The average Bonchev–Trinajstić information content (AvgIpc) is 3.63. The number of sulfone groups is 1. The third kappa shape index (κ3) is 10.4. The van der Waals surface area contributed by atoms with E-state index in [1.165, 1.54) is 11.0 Å². The van der Waals surface area contributed by atoms with Crippen molar-refractivity contribution in [1.82, 2.24) is 26.2 Å². The van der Waals surface area contributed by atoms with Crippen LogP contribution in [-0.4, -0.2) is 96.8 Å². The number of amides is 5. The lowest BCUT2D eigenvalue weighted by Gasteiger charge is -2.43. The van der Waals surface area contributed by atoms with Gasteiger partial charge in [0.25, 0.3) is 5.91 Å². The summed E-state index contributed by atoms with van der Waals surface area (Å²) in [6.45, 7) is 12.4. The number of likely N-dealkylation sites (tertiary alicyclic amines) is 1. The second kappa shape index (κ2) is 16.4. The highest BCUT2D eigenvalue weighted by molar-refractivity contribution is 7.92. The number of carbonyl (C=O) groups excluding carboxylic acids is 5. The molecule has 2 saturated heterocycles. The maximum absolute atomic E-state index is 14.4. The van der Waals surface area contributed by atoms with Crippen LogP contribution in [-0.2, 0) is 29.0 Å². The van der Waals surface area contributed by atoms with Gasteiger partial charge in [-0.05, 0) is 55.8 Å². The Morgan fingerprint density at radius 1 is 1.00 bits per heavy atom. The van der Waals surface area contributed by atoms with E-state index >= 15 is 0 Å². The first-order valence-electron chi connectivity index (χ1n) is 17.5. The summed E-state index contributed by atoms with van der Waals surface area (Å²) in [6, 6.07) is -4.89. The topological polar surface area (TPSA) is 171 Å². The first-order valence-corrected chi connectivity index (χ1v) is 19.2. The molecule has 284 valence electrons. The molecule has 16 heteroatoms. The molecule has 0 bridgehead atoms. The first-order chi connectivity index (χ1) is 23.1. The quantitative estimate of drug-likeness (QED) is 0.166. The van der Waals surface area contributed by atoms with E-state index in [0.717, 1.165) is 19.3 Å². The normalized spacial score (nSPS) is 24.6. The highest BCUT2D eigenvalue weighted by atomic mass is 32.2. The molecule has 0 aromatic carbocycles. The number of Topliss-reactive ketones (excluding diaryl/α,β-unsaturated/α-hetero) is 1. The number of urea groups is 1. The van der Waals surface area contributed by atoms with Gasteiger partial charge in [-0.15, -0.1) is 6.58 Å². The number of rotatable bonds is 13. The molecule has 1 saturated carbocycles. The molecule has 5 amide bonds. The van der Waals surface area contributed by atoms with Crippen LogP contribution in [0, 0.1) is 17.3 Å². The summed E-state index contributed by atoms with van der Waals surface area (Å²) in [5, 5.41) is 9.58. The molecule has 5 atom stereocenters. The van der Waals surface area contributed by atoms with Crippen LogP contribution in [0.2, 0.25) is 0 Å². The second-order valence-corrected chi connectivity index (χ2v) is 17.7. The molecular formula is C34H54F3N5O7S. The molecule has 0 spiro atoms. The number of alkyl halides is 3. The van der Waals surface area contributed by atoms with Crippen molar-refractivity contribution in [3.05, 3.63) is 12.7 Å². The summed E-state index contributed by atoms with van der Waals surface area (Å²) in [4.78, 5) is 68.4. The zero-order chi connectivity index (χ0) is 37.7. The maximum atomic E-state index is 14.4. The van der Waals surface area contributed by atoms with Gasteiger partial charge >= 0.3 is 12.2 Å². The Hall–Kier alpha value is -3.17. The van der Waals surface area contributed by atoms with Gasteiger partial charge in [-0.1, -0.05) is 60.0 Å². The number of hydrogen-bond acceptors (Lipinski definition) is 7. The minimum Gasteiger partial charge on any atom is -0.346 e. The predicted molar refractivity (Wildman–Crippen MR) is 181 cm³/mol. The van der Waals surface area contributed by atoms with E-state index in [1.54, 1.807) is 20.8 Å². The molecule has 0 aromatic heterocycles. The van der Waals surface area contributed by atoms with Crippen molar-refractivity contribution in [3.8, 4) is 0 Å². The van der Waals surface area contributed by atoms with Crippen LogP contribution < -0.4 is 21.3 Å². The molecular weight excluding hydrogens is 679 g/mol. The number of ketones is 1. The number of carbonyl (C=O) groups is 5. The SMILES string of the molecule is C=CCNC(=O)C(=O)C(CCC(F)(F)F)NC(=O)[C@@H]1CC(C(C)C)CN1C(=O)C(NC(=O)NC1(C2CCCS2(=O)=O)CCCCC1)C(C)(C)C. The summed E-state index contributed by atoms with van der Waals surface area (Å²) in [5.74, 6) is -4.06. The van der Waals surface area contributed by atoms with Crippen LogP contribution in [0.15, 0.2) is 12.7 Å². The monoisotopic (exact) mass is 733 g/mol. The first kappa shape index (κ1) is 41.3. The highest BCUT2D eigenvalue weighted by Crippen LogP contribution is 2.40. The molecule has 12 nitrogen and oxygen atoms in total. The molecule has 0 radical (unpaired) electrons. The number of nitrogens with one attached hydrogen (secondary N) is 4.